The SMILES string of the molecule is CS(=O)(=O)CS(=O)(=O)NCCn1ccc2ncnc(Nc3ccc(Oc4cccc(C(F)(F)F)c4)c(Cl)c3)c21. The molecule has 16 heteroatoms. The van der Waals surface area contributed by atoms with Gasteiger partial charge in [0.1, 0.15) is 23.3 Å². The van der Waals surface area contributed by atoms with Crippen molar-refractivity contribution in [1.82, 2.24) is 19.3 Å². The van der Waals surface area contributed by atoms with Crippen LogP contribution in [0.15, 0.2) is 61.1 Å². The molecule has 0 amide bonds. The molecule has 0 aliphatic rings. The van der Waals surface area contributed by atoms with Gasteiger partial charge in [-0.25, -0.2) is 31.5 Å². The number of alkyl halides is 3. The number of ether oxygens (including phenoxy) is 1. The van der Waals surface area contributed by atoms with Crippen molar-refractivity contribution in [1.29, 1.82) is 0 Å². The fourth-order valence-corrected chi connectivity index (χ4v) is 6.83. The molecule has 0 unspecified atom stereocenters. The first-order valence-electron chi connectivity index (χ1n) is 11.1. The van der Waals surface area contributed by atoms with Crippen molar-refractivity contribution < 1.29 is 34.7 Å². The summed E-state index contributed by atoms with van der Waals surface area (Å²) in [7, 11) is -7.75. The van der Waals surface area contributed by atoms with Gasteiger partial charge in [0, 0.05) is 31.2 Å². The van der Waals surface area contributed by atoms with E-state index in [1.165, 1.54) is 30.6 Å². The quantitative estimate of drug-likeness (QED) is 0.270. The summed E-state index contributed by atoms with van der Waals surface area (Å²) in [6.45, 7) is 0.0719. The molecule has 208 valence electrons. The Hall–Kier alpha value is -3.40. The third kappa shape index (κ3) is 7.59. The van der Waals surface area contributed by atoms with Gasteiger partial charge in [-0.15, -0.1) is 0 Å². The van der Waals surface area contributed by atoms with Crippen LogP contribution in [0.5, 0.6) is 11.5 Å². The Balaban J connectivity index is 1.50. The summed E-state index contributed by atoms with van der Waals surface area (Å²) in [5, 5.41) is 2.20. The zero-order chi connectivity index (χ0) is 28.4. The lowest BCUT2D eigenvalue weighted by atomic mass is 10.2. The minimum Gasteiger partial charge on any atom is -0.456 e. The first-order valence-corrected chi connectivity index (χ1v) is 15.2. The van der Waals surface area contributed by atoms with Crippen LogP contribution in [-0.2, 0) is 32.6 Å². The first kappa shape index (κ1) is 28.6. The van der Waals surface area contributed by atoms with E-state index in [9.17, 15) is 30.0 Å². The lowest BCUT2D eigenvalue weighted by Crippen LogP contribution is -2.32. The van der Waals surface area contributed by atoms with Crippen molar-refractivity contribution in [3.63, 3.8) is 0 Å². The van der Waals surface area contributed by atoms with Crippen molar-refractivity contribution in [2.24, 2.45) is 0 Å². The molecule has 2 aromatic carbocycles. The van der Waals surface area contributed by atoms with Gasteiger partial charge in [0.15, 0.2) is 20.7 Å². The van der Waals surface area contributed by atoms with Crippen LogP contribution < -0.4 is 14.8 Å². The highest BCUT2D eigenvalue weighted by molar-refractivity contribution is 8.06. The molecule has 2 N–H and O–H groups in total. The molecule has 4 rings (SSSR count). The van der Waals surface area contributed by atoms with Crippen molar-refractivity contribution in [3.8, 4) is 11.5 Å². The number of fused-ring (bicyclic) bond motifs is 1. The van der Waals surface area contributed by atoms with Crippen molar-refractivity contribution in [3.05, 3.63) is 71.6 Å². The summed E-state index contributed by atoms with van der Waals surface area (Å²) < 4.78 is 95.0. The molecule has 2 heterocycles. The molecule has 4 aromatic rings. The molecule has 0 fully saturated rings. The van der Waals surface area contributed by atoms with E-state index in [4.69, 9.17) is 16.3 Å². The summed E-state index contributed by atoms with van der Waals surface area (Å²) in [5.41, 5.74) is 0.730. The van der Waals surface area contributed by atoms with Crippen LogP contribution in [0.1, 0.15) is 5.56 Å². The number of hydrogen-bond acceptors (Lipinski definition) is 8. The van der Waals surface area contributed by atoms with Crippen LogP contribution in [0.4, 0.5) is 24.7 Å². The number of halogens is 4. The Labute approximate surface area is 226 Å². The molecule has 0 bridgehead atoms. The van der Waals surface area contributed by atoms with E-state index in [0.717, 1.165) is 18.4 Å². The van der Waals surface area contributed by atoms with Crippen LogP contribution in [-0.4, -0.2) is 49.3 Å². The number of hydrogen-bond donors (Lipinski definition) is 2. The first-order chi connectivity index (χ1) is 18.2. The number of sulfone groups is 1. The van der Waals surface area contributed by atoms with E-state index < -0.39 is 36.7 Å². The number of benzene rings is 2. The maximum Gasteiger partial charge on any atom is 0.416 e. The highest BCUT2D eigenvalue weighted by atomic mass is 35.5. The van der Waals surface area contributed by atoms with Gasteiger partial charge < -0.3 is 14.6 Å². The van der Waals surface area contributed by atoms with Gasteiger partial charge in [-0.2, -0.15) is 13.2 Å². The summed E-state index contributed by atoms with van der Waals surface area (Å²) in [5.74, 6) is 0.473. The second-order valence-corrected chi connectivity index (χ2v) is 13.1. The molecule has 0 aliphatic carbocycles. The average molecular weight is 604 g/mol. The van der Waals surface area contributed by atoms with Gasteiger partial charge in [-0.05, 0) is 42.5 Å². The summed E-state index contributed by atoms with van der Waals surface area (Å²) >= 11 is 6.33. The zero-order valence-electron chi connectivity index (χ0n) is 20.1. The standard InChI is InChI=1S/C23H21ClF3N5O5S2/c1-38(33,34)14-39(35,36)30-8-10-32-9-7-19-21(32)22(29-13-28-19)31-16-5-6-20(18(24)12-16)37-17-4-2-3-15(11-17)23(25,26)27/h2-7,9,11-13,30H,8,10,14H2,1H3,(H,28,29,31). The van der Waals surface area contributed by atoms with E-state index >= 15 is 0 Å². The highest BCUT2D eigenvalue weighted by Crippen LogP contribution is 2.36. The third-order valence-electron chi connectivity index (χ3n) is 5.18. The second kappa shape index (κ2) is 11.0. The number of rotatable bonds is 10. The molecule has 0 radical (unpaired) electrons. The minimum atomic E-state index is -4.52. The zero-order valence-corrected chi connectivity index (χ0v) is 22.5. The fraction of sp³-hybridized carbons (Fsp3) is 0.217. The molecule has 0 aliphatic heterocycles. The van der Waals surface area contributed by atoms with Gasteiger partial charge in [0.25, 0.3) is 0 Å². The second-order valence-electron chi connectivity index (χ2n) is 8.42. The number of anilines is 2. The topological polar surface area (TPSA) is 132 Å². The van der Waals surface area contributed by atoms with E-state index in [2.05, 4.69) is 20.0 Å². The Morgan fingerprint density at radius 3 is 2.51 bits per heavy atom. The van der Waals surface area contributed by atoms with E-state index in [1.807, 2.05) is 0 Å². The molecular weight excluding hydrogens is 583 g/mol. The Morgan fingerprint density at radius 1 is 1.05 bits per heavy atom. The summed E-state index contributed by atoms with van der Waals surface area (Å²) in [4.78, 5) is 8.45. The van der Waals surface area contributed by atoms with Gasteiger partial charge in [0.05, 0.1) is 16.1 Å². The minimum absolute atomic E-state index is 0.0325. The van der Waals surface area contributed by atoms with Gasteiger partial charge in [0.2, 0.25) is 10.0 Å². The van der Waals surface area contributed by atoms with Gasteiger partial charge in [-0.1, -0.05) is 17.7 Å². The molecule has 2 aromatic heterocycles. The molecule has 0 atom stereocenters. The van der Waals surface area contributed by atoms with Gasteiger partial charge >= 0.3 is 6.18 Å². The smallest absolute Gasteiger partial charge is 0.416 e. The number of nitrogens with zero attached hydrogens (tertiary/aromatic N) is 3. The van der Waals surface area contributed by atoms with Crippen molar-refractivity contribution in [2.45, 2.75) is 12.7 Å². The van der Waals surface area contributed by atoms with Crippen LogP contribution in [0, 0.1) is 0 Å². The summed E-state index contributed by atoms with van der Waals surface area (Å²) in [6.07, 6.45) is -0.680. The Bertz CT molecular complexity index is 1730. The lowest BCUT2D eigenvalue weighted by molar-refractivity contribution is -0.137. The predicted molar refractivity (Wildman–Crippen MR) is 140 cm³/mol. The van der Waals surface area contributed by atoms with Crippen molar-refractivity contribution in [2.75, 3.05) is 23.2 Å². The fourth-order valence-electron chi connectivity index (χ4n) is 3.62. The highest BCUT2D eigenvalue weighted by Gasteiger charge is 2.30. The van der Waals surface area contributed by atoms with Crippen LogP contribution in [0.2, 0.25) is 5.02 Å². The molecular formula is C23H21ClF3N5O5S2. The van der Waals surface area contributed by atoms with Crippen LogP contribution in [0.25, 0.3) is 11.0 Å². The van der Waals surface area contributed by atoms with Crippen LogP contribution >= 0.6 is 11.6 Å². The maximum atomic E-state index is 13.0. The number of sulfonamides is 1. The third-order valence-corrected chi connectivity index (χ3v) is 9.07. The molecule has 0 saturated heterocycles. The largest absolute Gasteiger partial charge is 0.456 e. The van der Waals surface area contributed by atoms with E-state index in [-0.39, 0.29) is 29.6 Å². The molecule has 10 nitrogen and oxygen atoms in total. The lowest BCUT2D eigenvalue weighted by Gasteiger charge is -2.13. The molecule has 0 spiro atoms. The monoisotopic (exact) mass is 603 g/mol. The molecule has 39 heavy (non-hydrogen) atoms. The number of nitrogens with one attached hydrogen (secondary N) is 2. The Morgan fingerprint density at radius 2 is 1.82 bits per heavy atom. The summed E-state index contributed by atoms with van der Waals surface area (Å²) in [6, 6.07) is 10.7. The Kier molecular flexibility index (Phi) is 8.07. The maximum absolute atomic E-state index is 13.0. The number of aromatic nitrogens is 3. The normalized spacial score (nSPS) is 12.5. The van der Waals surface area contributed by atoms with E-state index in [0.29, 0.717) is 22.5 Å². The van der Waals surface area contributed by atoms with Crippen molar-refractivity contribution >= 4 is 54.0 Å². The van der Waals surface area contributed by atoms with Gasteiger partial charge in [-0.3, -0.25) is 0 Å². The van der Waals surface area contributed by atoms with Crippen LogP contribution in [0.3, 0.4) is 0 Å². The molecule has 0 saturated carbocycles. The predicted octanol–water partition coefficient (Wildman–Crippen LogP) is 4.56. The average Bonchev–Trinajstić information content (AvgIpc) is 3.23. The van der Waals surface area contributed by atoms with E-state index in [1.54, 1.807) is 22.9 Å².